The van der Waals surface area contributed by atoms with Gasteiger partial charge in [-0.2, -0.15) is 0 Å². The van der Waals surface area contributed by atoms with E-state index in [1.807, 2.05) is 0 Å². The van der Waals surface area contributed by atoms with Crippen LogP contribution >= 0.6 is 0 Å². The predicted molar refractivity (Wildman–Crippen MR) is 200 cm³/mol. The summed E-state index contributed by atoms with van der Waals surface area (Å²) in [6.45, 7) is 0. The molecule has 218 valence electrons. The van der Waals surface area contributed by atoms with E-state index in [0.29, 0.717) is 10.8 Å². The summed E-state index contributed by atoms with van der Waals surface area (Å²) in [4.78, 5) is 0. The molecule has 0 radical (unpaired) electrons. The summed E-state index contributed by atoms with van der Waals surface area (Å²) in [5, 5.41) is -1.91. The first kappa shape index (κ1) is 12.5. The molecule has 47 heavy (non-hydrogen) atoms. The van der Waals surface area contributed by atoms with Crippen LogP contribution in [-0.2, 0) is 0 Å². The van der Waals surface area contributed by atoms with E-state index >= 15 is 0 Å². The fourth-order valence-corrected chi connectivity index (χ4v) is 6.06. The standard InChI is InChI=1S/C46H28O/c1-2-12-33-27-44-42(26-32(33)11-1)36-25-24-34(28-43(36)47-44)29-20-22-31(23-21-29)45-38-15-5-7-17-40(38)46(41-18-8-6-16-39(41)45)37-19-9-13-30-10-3-4-14-35(30)37/h1-28H/i1D,2D,4D,5D,6D,7D,8D,11D,12D,15D,16D,17D,18D,20D,21D,22D,23D,24D,25D,26D,27D,28D. The van der Waals surface area contributed by atoms with Gasteiger partial charge in [-0.05, 0) is 101 Å². The van der Waals surface area contributed by atoms with E-state index in [4.69, 9.17) is 20.9 Å². The third kappa shape index (κ3) is 4.03. The molecule has 0 fully saturated rings. The molecule has 0 aliphatic carbocycles. The Morgan fingerprint density at radius 1 is 0.362 bits per heavy atom. The van der Waals surface area contributed by atoms with Gasteiger partial charge in [-0.1, -0.05) is 145 Å². The molecule has 0 aliphatic heterocycles. The zero-order valence-corrected chi connectivity index (χ0v) is 23.9. The summed E-state index contributed by atoms with van der Waals surface area (Å²) in [6, 6.07) is -6.28. The molecule has 1 nitrogen and oxygen atoms in total. The maximum atomic E-state index is 9.56. The largest absolute Gasteiger partial charge is 0.456 e. The Morgan fingerprint density at radius 2 is 0.957 bits per heavy atom. The summed E-state index contributed by atoms with van der Waals surface area (Å²) in [5.74, 6) is 0. The highest BCUT2D eigenvalue weighted by Crippen LogP contribution is 2.45. The second-order valence-electron chi connectivity index (χ2n) is 10.7. The van der Waals surface area contributed by atoms with Crippen LogP contribution in [0.1, 0.15) is 30.2 Å². The lowest BCUT2D eigenvalue weighted by molar-refractivity contribution is 0.669. The lowest BCUT2D eigenvalue weighted by Gasteiger charge is -2.19. The first-order chi connectivity index (χ1) is 32.5. The Kier molecular flexibility index (Phi) is 2.71. The van der Waals surface area contributed by atoms with Gasteiger partial charge < -0.3 is 4.42 Å². The average Bonchev–Trinajstić information content (AvgIpc) is 3.74. The molecule has 10 aromatic rings. The quantitative estimate of drug-likeness (QED) is 0.180. The second kappa shape index (κ2) is 10.2. The summed E-state index contributed by atoms with van der Waals surface area (Å²) in [6.07, 6.45) is 0. The number of furan rings is 1. The van der Waals surface area contributed by atoms with Crippen LogP contribution in [0.3, 0.4) is 0 Å². The smallest absolute Gasteiger partial charge is 0.136 e. The van der Waals surface area contributed by atoms with Crippen molar-refractivity contribution in [3.63, 3.8) is 0 Å². The second-order valence-corrected chi connectivity index (χ2v) is 10.7. The van der Waals surface area contributed by atoms with Gasteiger partial charge in [-0.15, -0.1) is 0 Å². The van der Waals surface area contributed by atoms with Gasteiger partial charge in [0, 0.05) is 10.8 Å². The molecule has 0 aliphatic rings. The SMILES string of the molecule is [2H]c1ccc2cccc(-c3c4c([2H])c([2H])c([2H])c([2H])c4c(-c4c([2H])c([2H])c(-c5c([2H])c([2H])c6c(oc7c([2H])c8c([2H])c([2H])c([2H])c([2H])c8c([2H])c76)c5[2H])c([2H])c4[2H])c4c([2H])c([2H])c([2H])c([2H])c34)c2c1. The molecule has 1 heteroatoms. The lowest BCUT2D eigenvalue weighted by Crippen LogP contribution is -1.91. The highest BCUT2D eigenvalue weighted by atomic mass is 16.3. The molecule has 0 spiro atoms. The van der Waals surface area contributed by atoms with Gasteiger partial charge in [0.25, 0.3) is 0 Å². The monoisotopic (exact) mass is 618 g/mol. The number of rotatable bonds is 3. The zero-order chi connectivity index (χ0) is 50.0. The van der Waals surface area contributed by atoms with E-state index in [0.717, 1.165) is 0 Å². The third-order valence-electron chi connectivity index (χ3n) is 8.13. The summed E-state index contributed by atoms with van der Waals surface area (Å²) in [7, 11) is 0. The van der Waals surface area contributed by atoms with E-state index in [9.17, 15) is 13.7 Å². The lowest BCUT2D eigenvalue weighted by atomic mass is 9.84. The summed E-state index contributed by atoms with van der Waals surface area (Å²) >= 11 is 0. The highest BCUT2D eigenvalue weighted by molar-refractivity contribution is 6.23. The van der Waals surface area contributed by atoms with E-state index in [1.54, 1.807) is 24.3 Å². The van der Waals surface area contributed by atoms with Gasteiger partial charge in [0.15, 0.2) is 0 Å². The molecule has 0 bridgehead atoms. The van der Waals surface area contributed by atoms with Crippen LogP contribution in [0, 0.1) is 0 Å². The molecule has 0 saturated carbocycles. The molecule has 0 saturated heterocycles. The number of hydrogen-bond acceptors (Lipinski definition) is 1. The van der Waals surface area contributed by atoms with Crippen LogP contribution in [0.2, 0.25) is 0 Å². The van der Waals surface area contributed by atoms with Gasteiger partial charge >= 0.3 is 0 Å². The minimum Gasteiger partial charge on any atom is -0.456 e. The molecule has 10 rings (SSSR count). The minimum absolute atomic E-state index is 0.0597. The highest BCUT2D eigenvalue weighted by Gasteiger charge is 2.18. The number of fused-ring (bicyclic) bond motifs is 7. The van der Waals surface area contributed by atoms with Crippen molar-refractivity contribution in [2.75, 3.05) is 0 Å². The fourth-order valence-electron chi connectivity index (χ4n) is 6.06. The Morgan fingerprint density at radius 3 is 1.70 bits per heavy atom. The van der Waals surface area contributed by atoms with Crippen molar-refractivity contribution in [2.24, 2.45) is 0 Å². The van der Waals surface area contributed by atoms with Crippen LogP contribution in [0.4, 0.5) is 0 Å². The van der Waals surface area contributed by atoms with Gasteiger partial charge in [-0.3, -0.25) is 0 Å². The van der Waals surface area contributed by atoms with E-state index in [1.165, 1.54) is 12.1 Å². The van der Waals surface area contributed by atoms with Gasteiger partial charge in [0.1, 0.15) is 11.2 Å². The molecule has 1 aromatic heterocycles. The van der Waals surface area contributed by atoms with Gasteiger partial charge in [0.2, 0.25) is 0 Å². The normalized spacial score (nSPS) is 18.4. The van der Waals surface area contributed by atoms with Crippen molar-refractivity contribution < 1.29 is 34.6 Å². The Balaban J connectivity index is 1.37. The predicted octanol–water partition coefficient (Wildman–Crippen LogP) is 13.2. The Labute approximate surface area is 302 Å². The molecule has 0 unspecified atom stereocenters. The zero-order valence-electron chi connectivity index (χ0n) is 45.9. The molecule has 0 atom stereocenters. The van der Waals surface area contributed by atoms with Crippen LogP contribution < -0.4 is 0 Å². The molecule has 1 heterocycles. The van der Waals surface area contributed by atoms with Crippen molar-refractivity contribution in [1.29, 1.82) is 0 Å². The average molecular weight is 619 g/mol. The molecule has 0 amide bonds. The maximum Gasteiger partial charge on any atom is 0.136 e. The molecular formula is C46H28O. The van der Waals surface area contributed by atoms with Crippen molar-refractivity contribution in [3.05, 3.63) is 169 Å². The van der Waals surface area contributed by atoms with Crippen LogP contribution in [0.25, 0.3) is 98.4 Å². The van der Waals surface area contributed by atoms with E-state index in [-0.39, 0.29) is 49.5 Å². The Hall–Kier alpha value is -6.18. The number of hydrogen-bond donors (Lipinski definition) is 0. The fraction of sp³-hybridized carbons (Fsp3) is 0. The van der Waals surface area contributed by atoms with Crippen molar-refractivity contribution in [2.45, 2.75) is 0 Å². The first-order valence-electron chi connectivity index (χ1n) is 25.4. The van der Waals surface area contributed by atoms with E-state index in [2.05, 4.69) is 0 Å². The Bertz CT molecular complexity index is 3990. The summed E-state index contributed by atoms with van der Waals surface area (Å²) < 4.78 is 204. The van der Waals surface area contributed by atoms with E-state index < -0.39 is 171 Å². The van der Waals surface area contributed by atoms with Gasteiger partial charge in [-0.25, -0.2) is 0 Å². The van der Waals surface area contributed by atoms with Crippen molar-refractivity contribution in [1.82, 2.24) is 0 Å². The summed E-state index contributed by atoms with van der Waals surface area (Å²) in [5.41, 5.74) is -3.42. The maximum absolute atomic E-state index is 9.56. The van der Waals surface area contributed by atoms with Gasteiger partial charge in [0.05, 0.1) is 30.2 Å². The molecule has 0 N–H and O–H groups in total. The van der Waals surface area contributed by atoms with Crippen molar-refractivity contribution >= 4 is 65.0 Å². The van der Waals surface area contributed by atoms with Crippen LogP contribution in [-0.4, -0.2) is 0 Å². The topological polar surface area (TPSA) is 13.1 Å². The van der Waals surface area contributed by atoms with Crippen molar-refractivity contribution in [3.8, 4) is 33.4 Å². The molecular weight excluding hydrogens is 569 g/mol. The third-order valence-corrected chi connectivity index (χ3v) is 8.13. The minimum atomic E-state index is -0.941. The molecule has 9 aromatic carbocycles. The van der Waals surface area contributed by atoms with Crippen LogP contribution in [0.5, 0.6) is 0 Å². The first-order valence-corrected chi connectivity index (χ1v) is 14.4. The van der Waals surface area contributed by atoms with Crippen LogP contribution in [0.15, 0.2) is 174 Å². The number of benzene rings is 9.